The van der Waals surface area contributed by atoms with Gasteiger partial charge < -0.3 is 134 Å². The van der Waals surface area contributed by atoms with E-state index in [-0.39, 0.29) is 199 Å². The molecule has 10 amide bonds. The van der Waals surface area contributed by atoms with Crippen LogP contribution in [-0.4, -0.2) is 316 Å². The Hall–Kier alpha value is -9.90. The Bertz CT molecular complexity index is 3520. The minimum atomic E-state index is -1.46. The molecule has 764 valence electrons. The molecule has 45 nitrogen and oxygen atoms in total. The maximum absolute atomic E-state index is 14.0. The number of nitrogens with one attached hydrogen (secondary N) is 10. The highest BCUT2D eigenvalue weighted by atomic mass is 16.7. The van der Waals surface area contributed by atoms with Crippen molar-refractivity contribution in [3.63, 3.8) is 0 Å². The fraction of sp³-hybridized carbons (Fsp3) is 0.798. The van der Waals surface area contributed by atoms with Crippen molar-refractivity contribution < 1.29 is 167 Å². The predicted molar refractivity (Wildman–Crippen MR) is 472 cm³/mol. The molecule has 0 radical (unpaired) electrons. The number of ether oxygens (including phenoxy) is 16. The standard InChI is InChI=1S/C89H148N10O35/c1-56-68(50-125-61(6)103)132-86(79(96-58(3)100)82(56)128-64(9)106)122-44-24-21-30-71(110)90-38-27-41-93-74(113)35-47-119-53-89(99-77(116)33-19-17-15-13-14-16-18-20-34-78(117)118,54-120-48-36-75(114)94-42-28-39-91-72(111)31-22-25-45-123-87-80(97-59(4)101)83(129-65(10)107)57(2)69(133-87)51-126-62(7)104)55-121-49-37-76(115)95-43-29-40-92-73(112)32-23-26-46-124-88-81(98-60(5)102)85(131-67(12)109)84(130-66(11)108)70(134-88)52-127-63(8)105/h56-57,68-70,79-88H,13-55H2,1-12H3,(H,90,110)(H,91,111)(H,92,112)(H,93,113)(H,94,114)(H,95,115)(H,96,100)(H,97,101)(H,98,102)(H,99,116)(H,117,118). The van der Waals surface area contributed by atoms with Crippen molar-refractivity contribution >= 4 is 107 Å². The van der Waals surface area contributed by atoms with Crippen molar-refractivity contribution in [3.05, 3.63) is 0 Å². The smallest absolute Gasteiger partial charge is 0.303 e. The Labute approximate surface area is 783 Å². The summed E-state index contributed by atoms with van der Waals surface area (Å²) in [4.78, 5) is 224. The van der Waals surface area contributed by atoms with Crippen LogP contribution >= 0.6 is 0 Å². The third kappa shape index (κ3) is 53.4. The third-order valence-corrected chi connectivity index (χ3v) is 21.2. The summed E-state index contributed by atoms with van der Waals surface area (Å²) in [7, 11) is 0. The Kier molecular flexibility index (Phi) is 60.1. The van der Waals surface area contributed by atoms with Gasteiger partial charge in [0.25, 0.3) is 0 Å². The van der Waals surface area contributed by atoms with Crippen molar-refractivity contribution in [2.75, 3.05) is 119 Å². The molecule has 134 heavy (non-hydrogen) atoms. The summed E-state index contributed by atoms with van der Waals surface area (Å²) in [6.45, 7) is 15.0. The molecule has 3 aliphatic rings. The Balaban J connectivity index is 1.64. The number of carboxylic acids is 1. The molecule has 0 bridgehead atoms. The number of esters is 7. The van der Waals surface area contributed by atoms with Crippen LogP contribution in [0.2, 0.25) is 0 Å². The Morgan fingerprint density at radius 2 is 0.545 bits per heavy atom. The number of hydrogen-bond donors (Lipinski definition) is 11. The first-order valence-electron chi connectivity index (χ1n) is 46.4. The van der Waals surface area contributed by atoms with E-state index >= 15 is 0 Å². The molecule has 0 saturated carbocycles. The highest BCUT2D eigenvalue weighted by molar-refractivity contribution is 5.80. The van der Waals surface area contributed by atoms with Gasteiger partial charge in [-0.1, -0.05) is 52.4 Å². The lowest BCUT2D eigenvalue weighted by Crippen LogP contribution is -2.66. The van der Waals surface area contributed by atoms with E-state index < -0.39 is 175 Å². The number of amides is 10. The van der Waals surface area contributed by atoms with E-state index in [0.29, 0.717) is 77.0 Å². The van der Waals surface area contributed by atoms with Gasteiger partial charge in [0.05, 0.1) is 39.6 Å². The molecule has 3 fully saturated rings. The molecular weight excluding hydrogens is 1770 g/mol. The summed E-state index contributed by atoms with van der Waals surface area (Å²) in [6.07, 6.45) is -0.858. The minimum absolute atomic E-state index is 0.00686. The average molecular weight is 1920 g/mol. The molecule has 0 aliphatic carbocycles. The Morgan fingerprint density at radius 1 is 0.284 bits per heavy atom. The monoisotopic (exact) mass is 1920 g/mol. The second kappa shape index (κ2) is 68.2. The Morgan fingerprint density at radius 3 is 0.851 bits per heavy atom. The summed E-state index contributed by atoms with van der Waals surface area (Å²) in [6, 6.07) is -2.94. The van der Waals surface area contributed by atoms with Gasteiger partial charge in [-0.05, 0) is 70.6 Å². The van der Waals surface area contributed by atoms with Crippen LogP contribution < -0.4 is 53.2 Å². The normalized spacial score (nSPS) is 21.7. The summed E-state index contributed by atoms with van der Waals surface area (Å²) in [5.74, 6) is -10.1. The molecule has 11 N–H and O–H groups in total. The van der Waals surface area contributed by atoms with E-state index in [1.54, 1.807) is 13.8 Å². The molecule has 3 rings (SSSR count). The fourth-order valence-corrected chi connectivity index (χ4v) is 14.6. The zero-order valence-corrected chi connectivity index (χ0v) is 79.9. The van der Waals surface area contributed by atoms with E-state index in [0.717, 1.165) is 52.9 Å². The lowest BCUT2D eigenvalue weighted by Gasteiger charge is -2.44. The van der Waals surface area contributed by atoms with E-state index in [1.165, 1.54) is 48.5 Å². The number of hydrogen-bond acceptors (Lipinski definition) is 34. The maximum atomic E-state index is 14.0. The first-order valence-corrected chi connectivity index (χ1v) is 46.4. The predicted octanol–water partition coefficient (Wildman–Crippen LogP) is 1.85. The van der Waals surface area contributed by atoms with Crippen LogP contribution in [0.5, 0.6) is 0 Å². The number of carbonyl (C=O) groups excluding carboxylic acids is 17. The molecule has 0 aromatic rings. The first-order chi connectivity index (χ1) is 63.8. The van der Waals surface area contributed by atoms with Gasteiger partial charge in [0.1, 0.15) is 74.0 Å². The zero-order chi connectivity index (χ0) is 99.3. The molecule has 3 aliphatic heterocycles. The molecule has 3 heterocycles. The van der Waals surface area contributed by atoms with Gasteiger partial charge >= 0.3 is 47.8 Å². The third-order valence-electron chi connectivity index (χ3n) is 21.2. The molecule has 0 aromatic carbocycles. The second-order valence-electron chi connectivity index (χ2n) is 33.3. The molecular formula is C89H148N10O35. The van der Waals surface area contributed by atoms with Gasteiger partial charge in [0.2, 0.25) is 59.1 Å². The average Bonchev–Trinajstić information content (AvgIpc) is 0.787. The second-order valence-corrected chi connectivity index (χ2v) is 33.3. The highest BCUT2D eigenvalue weighted by Crippen LogP contribution is 2.33. The van der Waals surface area contributed by atoms with Crippen LogP contribution in [0.3, 0.4) is 0 Å². The number of carboxylic acid groups (broad SMARTS) is 1. The molecule has 0 aromatic heterocycles. The van der Waals surface area contributed by atoms with Crippen molar-refractivity contribution in [2.45, 2.75) is 329 Å². The zero-order valence-electron chi connectivity index (χ0n) is 79.9. The summed E-state index contributed by atoms with van der Waals surface area (Å²) < 4.78 is 92.3. The van der Waals surface area contributed by atoms with Crippen molar-refractivity contribution in [2.24, 2.45) is 11.8 Å². The van der Waals surface area contributed by atoms with Gasteiger partial charge in [-0.25, -0.2) is 0 Å². The van der Waals surface area contributed by atoms with Gasteiger partial charge in [-0.15, -0.1) is 0 Å². The quantitative estimate of drug-likeness (QED) is 0.0235. The summed E-state index contributed by atoms with van der Waals surface area (Å²) in [5, 5.41) is 37.0. The first kappa shape index (κ1) is 118. The molecule has 15 atom stereocenters. The summed E-state index contributed by atoms with van der Waals surface area (Å²) in [5.41, 5.74) is -1.46. The van der Waals surface area contributed by atoms with Gasteiger partial charge in [-0.3, -0.25) is 86.3 Å². The van der Waals surface area contributed by atoms with Crippen molar-refractivity contribution in [3.8, 4) is 0 Å². The van der Waals surface area contributed by atoms with Crippen LogP contribution in [0.15, 0.2) is 0 Å². The van der Waals surface area contributed by atoms with Crippen LogP contribution in [0.1, 0.15) is 244 Å². The SMILES string of the molecule is CC(=O)NC1C(OCCCCC(=O)NCCCNC(=O)CCOCC(COCCC(=O)NCCCNC(=O)CCCCOC2OC(COC(C)=O)C(C)C(OC(C)=O)C2NC(C)=O)(COCCC(=O)NCCCNC(=O)CCCCOC2OC(COC(C)=O)C(OC(C)=O)C(OC(C)=O)C2NC(C)=O)NC(=O)CCCCCCCCCCC(=O)O)OC(COC(C)=O)C(C)C1OC(C)=O. The van der Waals surface area contributed by atoms with Crippen LogP contribution in [0, 0.1) is 11.8 Å². The number of rotatable bonds is 70. The van der Waals surface area contributed by atoms with E-state index in [4.69, 9.17) is 80.9 Å². The molecule has 45 heteroatoms. The van der Waals surface area contributed by atoms with Gasteiger partial charge in [-0.2, -0.15) is 0 Å². The molecule has 3 saturated heterocycles. The van der Waals surface area contributed by atoms with Crippen LogP contribution in [0.25, 0.3) is 0 Å². The van der Waals surface area contributed by atoms with Crippen LogP contribution in [0.4, 0.5) is 0 Å². The maximum Gasteiger partial charge on any atom is 0.303 e. The number of aliphatic carboxylic acids is 1. The minimum Gasteiger partial charge on any atom is -0.481 e. The highest BCUT2D eigenvalue weighted by Gasteiger charge is 2.53. The number of carbonyl (C=O) groups is 18. The summed E-state index contributed by atoms with van der Waals surface area (Å²) >= 11 is 0. The molecule has 0 spiro atoms. The lowest BCUT2D eigenvalue weighted by molar-refractivity contribution is -0.277. The van der Waals surface area contributed by atoms with E-state index in [2.05, 4.69) is 53.2 Å². The number of unbranched alkanes of at least 4 members (excludes halogenated alkanes) is 10. The van der Waals surface area contributed by atoms with E-state index in [9.17, 15) is 86.3 Å². The largest absolute Gasteiger partial charge is 0.481 e. The molecule has 15 unspecified atom stereocenters. The van der Waals surface area contributed by atoms with Crippen LogP contribution in [-0.2, 0) is 162 Å². The van der Waals surface area contributed by atoms with Crippen molar-refractivity contribution in [1.82, 2.24) is 53.2 Å². The van der Waals surface area contributed by atoms with Gasteiger partial charge in [0, 0.05) is 192 Å². The fourth-order valence-electron chi connectivity index (χ4n) is 14.6. The lowest BCUT2D eigenvalue weighted by atomic mass is 9.89. The topological polar surface area (TPSA) is 595 Å². The van der Waals surface area contributed by atoms with Crippen molar-refractivity contribution in [1.29, 1.82) is 0 Å². The van der Waals surface area contributed by atoms with Gasteiger partial charge in [0.15, 0.2) is 31.1 Å². The van der Waals surface area contributed by atoms with E-state index in [1.807, 2.05) is 0 Å².